The van der Waals surface area contributed by atoms with Gasteiger partial charge in [-0.15, -0.1) is 0 Å². The van der Waals surface area contributed by atoms with Gasteiger partial charge in [0.15, 0.2) is 0 Å². The lowest BCUT2D eigenvalue weighted by molar-refractivity contribution is 0.102. The van der Waals surface area contributed by atoms with Crippen LogP contribution in [0.25, 0.3) is 0 Å². The largest absolute Gasteiger partial charge is 0.493 e. The van der Waals surface area contributed by atoms with Crippen LogP contribution in [0.1, 0.15) is 30.6 Å². The molecular weight excluding hydrogens is 298 g/mol. The van der Waals surface area contributed by atoms with Gasteiger partial charge >= 0.3 is 0 Å². The van der Waals surface area contributed by atoms with Crippen LogP contribution in [0.5, 0.6) is 5.75 Å². The molecule has 0 saturated heterocycles. The van der Waals surface area contributed by atoms with Gasteiger partial charge in [-0.2, -0.15) is 0 Å². The van der Waals surface area contributed by atoms with E-state index in [1.807, 2.05) is 18.2 Å². The molecule has 2 aromatic rings. The summed E-state index contributed by atoms with van der Waals surface area (Å²) in [5.41, 5.74) is 1.23. The van der Waals surface area contributed by atoms with Crippen LogP contribution >= 0.6 is 11.6 Å². The Labute approximate surface area is 136 Å². The van der Waals surface area contributed by atoms with Crippen LogP contribution < -0.4 is 10.1 Å². The zero-order valence-corrected chi connectivity index (χ0v) is 13.6. The van der Waals surface area contributed by atoms with Gasteiger partial charge in [-0.05, 0) is 48.7 Å². The quantitative estimate of drug-likeness (QED) is 0.812. The SMILES string of the molecule is CC(C)CCOc1ccccc1C(=O)Nc1ccc(Cl)cc1. The zero-order chi connectivity index (χ0) is 15.9. The first-order valence-electron chi connectivity index (χ1n) is 7.35. The summed E-state index contributed by atoms with van der Waals surface area (Å²) in [4.78, 5) is 12.4. The Morgan fingerprint density at radius 1 is 1.14 bits per heavy atom. The van der Waals surface area contributed by atoms with Crippen molar-refractivity contribution in [3.8, 4) is 5.75 Å². The normalized spacial score (nSPS) is 10.5. The van der Waals surface area contributed by atoms with Crippen molar-refractivity contribution in [3.63, 3.8) is 0 Å². The molecule has 0 unspecified atom stereocenters. The van der Waals surface area contributed by atoms with Crippen molar-refractivity contribution in [2.75, 3.05) is 11.9 Å². The third kappa shape index (κ3) is 4.78. The highest BCUT2D eigenvalue weighted by Crippen LogP contribution is 2.21. The fraction of sp³-hybridized carbons (Fsp3) is 0.278. The molecule has 0 fully saturated rings. The molecule has 2 rings (SSSR count). The summed E-state index contributed by atoms with van der Waals surface area (Å²) in [5, 5.41) is 3.48. The first kappa shape index (κ1) is 16.4. The number of hydrogen-bond donors (Lipinski definition) is 1. The fourth-order valence-electron chi connectivity index (χ4n) is 1.92. The summed E-state index contributed by atoms with van der Waals surface area (Å²) in [6.07, 6.45) is 0.952. The number of anilines is 1. The number of carbonyl (C=O) groups excluding carboxylic acids is 1. The number of benzene rings is 2. The molecule has 0 aliphatic carbocycles. The van der Waals surface area contributed by atoms with E-state index in [9.17, 15) is 4.79 Å². The van der Waals surface area contributed by atoms with Crippen molar-refractivity contribution in [1.82, 2.24) is 0 Å². The van der Waals surface area contributed by atoms with Gasteiger partial charge in [0.25, 0.3) is 5.91 Å². The van der Waals surface area contributed by atoms with Crippen LogP contribution in [0.4, 0.5) is 5.69 Å². The van der Waals surface area contributed by atoms with E-state index in [1.165, 1.54) is 0 Å². The number of para-hydroxylation sites is 1. The number of carbonyl (C=O) groups is 1. The predicted molar refractivity (Wildman–Crippen MR) is 90.8 cm³/mol. The summed E-state index contributed by atoms with van der Waals surface area (Å²) in [6, 6.07) is 14.3. The second-order valence-electron chi connectivity index (χ2n) is 5.49. The summed E-state index contributed by atoms with van der Waals surface area (Å²) in [6.45, 7) is 4.88. The van der Waals surface area contributed by atoms with Gasteiger partial charge in [0, 0.05) is 10.7 Å². The van der Waals surface area contributed by atoms with E-state index >= 15 is 0 Å². The Morgan fingerprint density at radius 2 is 1.82 bits per heavy atom. The van der Waals surface area contributed by atoms with E-state index in [4.69, 9.17) is 16.3 Å². The van der Waals surface area contributed by atoms with E-state index in [1.54, 1.807) is 30.3 Å². The lowest BCUT2D eigenvalue weighted by Gasteiger charge is -2.12. The Balaban J connectivity index is 2.07. The number of ether oxygens (including phenoxy) is 1. The van der Waals surface area contributed by atoms with Gasteiger partial charge in [-0.3, -0.25) is 4.79 Å². The second kappa shape index (κ2) is 7.85. The van der Waals surface area contributed by atoms with E-state index in [0.717, 1.165) is 6.42 Å². The average molecular weight is 318 g/mol. The molecule has 0 aliphatic heterocycles. The molecule has 116 valence electrons. The van der Waals surface area contributed by atoms with Crippen molar-refractivity contribution in [2.45, 2.75) is 20.3 Å². The molecule has 0 atom stereocenters. The van der Waals surface area contributed by atoms with Crippen molar-refractivity contribution in [3.05, 3.63) is 59.1 Å². The Morgan fingerprint density at radius 3 is 2.50 bits per heavy atom. The van der Waals surface area contributed by atoms with Crippen LogP contribution in [0.2, 0.25) is 5.02 Å². The fourth-order valence-corrected chi connectivity index (χ4v) is 2.04. The van der Waals surface area contributed by atoms with E-state index < -0.39 is 0 Å². The molecule has 4 heteroatoms. The molecule has 0 radical (unpaired) electrons. The topological polar surface area (TPSA) is 38.3 Å². The molecule has 0 aliphatic rings. The van der Waals surface area contributed by atoms with Gasteiger partial charge < -0.3 is 10.1 Å². The lowest BCUT2D eigenvalue weighted by atomic mass is 10.1. The summed E-state index contributed by atoms with van der Waals surface area (Å²) >= 11 is 5.84. The van der Waals surface area contributed by atoms with Crippen molar-refractivity contribution in [2.24, 2.45) is 5.92 Å². The highest BCUT2D eigenvalue weighted by Gasteiger charge is 2.12. The monoisotopic (exact) mass is 317 g/mol. The van der Waals surface area contributed by atoms with Crippen molar-refractivity contribution >= 4 is 23.2 Å². The van der Waals surface area contributed by atoms with Crippen LogP contribution in [-0.4, -0.2) is 12.5 Å². The molecule has 1 N–H and O–H groups in total. The first-order valence-corrected chi connectivity index (χ1v) is 7.73. The van der Waals surface area contributed by atoms with Gasteiger partial charge in [0.05, 0.1) is 12.2 Å². The molecule has 3 nitrogen and oxygen atoms in total. The smallest absolute Gasteiger partial charge is 0.259 e. The maximum Gasteiger partial charge on any atom is 0.259 e. The maximum atomic E-state index is 12.4. The number of nitrogens with one attached hydrogen (secondary N) is 1. The number of amides is 1. The van der Waals surface area contributed by atoms with Gasteiger partial charge in [-0.25, -0.2) is 0 Å². The minimum absolute atomic E-state index is 0.192. The third-order valence-corrected chi connectivity index (χ3v) is 3.44. The highest BCUT2D eigenvalue weighted by molar-refractivity contribution is 6.30. The summed E-state index contributed by atoms with van der Waals surface area (Å²) in [5.74, 6) is 0.979. The summed E-state index contributed by atoms with van der Waals surface area (Å²) in [7, 11) is 0. The molecule has 2 aromatic carbocycles. The minimum Gasteiger partial charge on any atom is -0.493 e. The first-order chi connectivity index (χ1) is 10.6. The molecule has 0 heterocycles. The van der Waals surface area contributed by atoms with Crippen molar-refractivity contribution < 1.29 is 9.53 Å². The molecule has 0 aromatic heterocycles. The van der Waals surface area contributed by atoms with Gasteiger partial charge in [0.2, 0.25) is 0 Å². The van der Waals surface area contributed by atoms with E-state index in [0.29, 0.717) is 34.5 Å². The Hall–Kier alpha value is -2.00. The minimum atomic E-state index is -0.192. The van der Waals surface area contributed by atoms with Gasteiger partial charge in [-0.1, -0.05) is 37.6 Å². The predicted octanol–water partition coefficient (Wildman–Crippen LogP) is 5.02. The average Bonchev–Trinajstić information content (AvgIpc) is 2.49. The molecule has 0 spiro atoms. The Kier molecular flexibility index (Phi) is 5.84. The van der Waals surface area contributed by atoms with Crippen LogP contribution in [0.3, 0.4) is 0 Å². The maximum absolute atomic E-state index is 12.4. The number of rotatable bonds is 6. The van der Waals surface area contributed by atoms with E-state index in [-0.39, 0.29) is 5.91 Å². The number of halogens is 1. The third-order valence-electron chi connectivity index (χ3n) is 3.19. The second-order valence-corrected chi connectivity index (χ2v) is 5.92. The summed E-state index contributed by atoms with van der Waals surface area (Å²) < 4.78 is 5.74. The number of hydrogen-bond acceptors (Lipinski definition) is 2. The molecule has 0 saturated carbocycles. The standard InChI is InChI=1S/C18H20ClNO2/c1-13(2)11-12-22-17-6-4-3-5-16(17)18(21)20-15-9-7-14(19)8-10-15/h3-10,13H,11-12H2,1-2H3,(H,20,21). The molecule has 0 bridgehead atoms. The lowest BCUT2D eigenvalue weighted by Crippen LogP contribution is -2.14. The van der Waals surface area contributed by atoms with Gasteiger partial charge in [0.1, 0.15) is 5.75 Å². The van der Waals surface area contributed by atoms with Crippen LogP contribution in [-0.2, 0) is 0 Å². The van der Waals surface area contributed by atoms with Crippen LogP contribution in [0.15, 0.2) is 48.5 Å². The van der Waals surface area contributed by atoms with Crippen molar-refractivity contribution in [1.29, 1.82) is 0 Å². The van der Waals surface area contributed by atoms with E-state index in [2.05, 4.69) is 19.2 Å². The van der Waals surface area contributed by atoms with Crippen LogP contribution in [0, 0.1) is 5.92 Å². The molecule has 22 heavy (non-hydrogen) atoms. The highest BCUT2D eigenvalue weighted by atomic mass is 35.5. The zero-order valence-electron chi connectivity index (χ0n) is 12.8. The Bertz CT molecular complexity index is 623. The molecule has 1 amide bonds. The molecular formula is C18H20ClNO2.